The first-order valence-corrected chi connectivity index (χ1v) is 6.60. The number of rotatable bonds is 1. The van der Waals surface area contributed by atoms with Crippen molar-refractivity contribution in [2.24, 2.45) is 0 Å². The molecule has 0 aliphatic carbocycles. The Morgan fingerprint density at radius 1 is 1.20 bits per heavy atom. The van der Waals surface area contributed by atoms with Gasteiger partial charge in [-0.15, -0.1) is 0 Å². The summed E-state index contributed by atoms with van der Waals surface area (Å²) in [6.45, 7) is 0.451. The van der Waals surface area contributed by atoms with Gasteiger partial charge in [0.05, 0.1) is 0 Å². The van der Waals surface area contributed by atoms with Crippen molar-refractivity contribution in [2.45, 2.75) is 25.3 Å². The van der Waals surface area contributed by atoms with Crippen molar-refractivity contribution in [1.82, 2.24) is 10.2 Å². The topological polar surface area (TPSA) is 92.5 Å². The molecular weight excluding hydrogens is 258 g/mol. The molecular formula is C14H15N3O3. The van der Waals surface area contributed by atoms with Gasteiger partial charge in [0.1, 0.15) is 6.04 Å². The fourth-order valence-electron chi connectivity index (χ4n) is 2.85. The van der Waals surface area contributed by atoms with Crippen LogP contribution in [0.5, 0.6) is 0 Å². The van der Waals surface area contributed by atoms with E-state index in [0.717, 1.165) is 5.56 Å². The smallest absolute Gasteiger partial charge is 0.254 e. The molecule has 1 aromatic carbocycles. The minimum Gasteiger partial charge on any atom is -0.398 e. The van der Waals surface area contributed by atoms with Crippen LogP contribution in [0.15, 0.2) is 18.2 Å². The van der Waals surface area contributed by atoms with Crippen LogP contribution in [0.2, 0.25) is 0 Å². The molecule has 0 spiro atoms. The van der Waals surface area contributed by atoms with Gasteiger partial charge in [0, 0.05) is 24.2 Å². The second kappa shape index (κ2) is 4.63. The summed E-state index contributed by atoms with van der Waals surface area (Å²) in [4.78, 5) is 37.1. The summed E-state index contributed by atoms with van der Waals surface area (Å²) in [5.41, 5.74) is 7.89. The van der Waals surface area contributed by atoms with Crippen LogP contribution in [0.1, 0.15) is 28.8 Å². The Bertz CT molecular complexity index is 612. The number of nitrogens with two attached hydrogens (primary N) is 1. The SMILES string of the molecule is Nc1cccc2c1CCN(C1CCC(=O)NC1=O)C2=O. The Hall–Kier alpha value is -2.37. The zero-order valence-electron chi connectivity index (χ0n) is 10.9. The van der Waals surface area contributed by atoms with E-state index in [1.807, 2.05) is 0 Å². The lowest BCUT2D eigenvalue weighted by Crippen LogP contribution is -2.56. The minimum absolute atomic E-state index is 0.187. The van der Waals surface area contributed by atoms with Gasteiger partial charge in [0.25, 0.3) is 5.91 Å². The molecule has 3 amide bonds. The molecule has 104 valence electrons. The van der Waals surface area contributed by atoms with Gasteiger partial charge in [-0.25, -0.2) is 0 Å². The van der Waals surface area contributed by atoms with E-state index in [4.69, 9.17) is 5.73 Å². The highest BCUT2D eigenvalue weighted by molar-refractivity contribution is 6.05. The predicted octanol–water partition coefficient (Wildman–Crippen LogP) is 0.0723. The van der Waals surface area contributed by atoms with Crippen LogP contribution in [0.25, 0.3) is 0 Å². The molecule has 6 heteroatoms. The lowest BCUT2D eigenvalue weighted by molar-refractivity contribution is -0.136. The summed E-state index contributed by atoms with van der Waals surface area (Å²) in [6.07, 6.45) is 1.28. The molecule has 20 heavy (non-hydrogen) atoms. The third kappa shape index (κ3) is 1.93. The number of fused-ring (bicyclic) bond motifs is 1. The van der Waals surface area contributed by atoms with Crippen molar-refractivity contribution in [2.75, 3.05) is 12.3 Å². The van der Waals surface area contributed by atoms with Crippen molar-refractivity contribution in [3.63, 3.8) is 0 Å². The minimum atomic E-state index is -0.560. The van der Waals surface area contributed by atoms with Gasteiger partial charge in [-0.3, -0.25) is 19.7 Å². The fraction of sp³-hybridized carbons (Fsp3) is 0.357. The maximum atomic E-state index is 12.5. The zero-order chi connectivity index (χ0) is 14.3. The Labute approximate surface area is 115 Å². The summed E-state index contributed by atoms with van der Waals surface area (Å²) in [5, 5.41) is 2.29. The van der Waals surface area contributed by atoms with Crippen LogP contribution < -0.4 is 11.1 Å². The number of nitrogens with one attached hydrogen (secondary N) is 1. The first-order chi connectivity index (χ1) is 9.58. The first kappa shape index (κ1) is 12.7. The van der Waals surface area contributed by atoms with E-state index in [9.17, 15) is 14.4 Å². The molecule has 2 heterocycles. The molecule has 2 aliphatic rings. The summed E-state index contributed by atoms with van der Waals surface area (Å²) < 4.78 is 0. The average molecular weight is 273 g/mol. The van der Waals surface area contributed by atoms with Crippen LogP contribution in [0.3, 0.4) is 0 Å². The van der Waals surface area contributed by atoms with Crippen molar-refractivity contribution in [1.29, 1.82) is 0 Å². The van der Waals surface area contributed by atoms with Gasteiger partial charge >= 0.3 is 0 Å². The normalized spacial score (nSPS) is 22.5. The van der Waals surface area contributed by atoms with E-state index < -0.39 is 6.04 Å². The number of hydrogen-bond acceptors (Lipinski definition) is 4. The Balaban J connectivity index is 1.89. The molecule has 1 atom stereocenters. The molecule has 3 rings (SSSR count). The van der Waals surface area contributed by atoms with E-state index in [-0.39, 0.29) is 24.1 Å². The summed E-state index contributed by atoms with van der Waals surface area (Å²) in [7, 11) is 0. The Morgan fingerprint density at radius 3 is 2.75 bits per heavy atom. The van der Waals surface area contributed by atoms with Crippen molar-refractivity contribution < 1.29 is 14.4 Å². The molecule has 6 nitrogen and oxygen atoms in total. The second-order valence-electron chi connectivity index (χ2n) is 5.09. The molecule has 3 N–H and O–H groups in total. The molecule has 1 fully saturated rings. The Kier molecular flexibility index (Phi) is 2.93. The third-order valence-corrected chi connectivity index (χ3v) is 3.89. The fourth-order valence-corrected chi connectivity index (χ4v) is 2.85. The van der Waals surface area contributed by atoms with Crippen molar-refractivity contribution in [3.8, 4) is 0 Å². The first-order valence-electron chi connectivity index (χ1n) is 6.60. The quantitative estimate of drug-likeness (QED) is 0.559. The van der Waals surface area contributed by atoms with Crippen LogP contribution >= 0.6 is 0 Å². The summed E-state index contributed by atoms with van der Waals surface area (Å²) in [5.74, 6) is -0.852. The van der Waals surface area contributed by atoms with Crippen LogP contribution in [0.4, 0.5) is 5.69 Å². The number of carbonyl (C=O) groups excluding carboxylic acids is 3. The molecule has 1 saturated heterocycles. The van der Waals surface area contributed by atoms with Gasteiger partial charge in [-0.1, -0.05) is 6.07 Å². The van der Waals surface area contributed by atoms with Crippen LogP contribution in [-0.4, -0.2) is 35.2 Å². The van der Waals surface area contributed by atoms with E-state index in [2.05, 4.69) is 5.32 Å². The predicted molar refractivity (Wildman–Crippen MR) is 71.8 cm³/mol. The molecule has 0 saturated carbocycles. The number of benzene rings is 1. The van der Waals surface area contributed by atoms with Crippen LogP contribution in [-0.2, 0) is 16.0 Å². The highest BCUT2D eigenvalue weighted by atomic mass is 16.2. The molecule has 2 aliphatic heterocycles. The second-order valence-corrected chi connectivity index (χ2v) is 5.09. The zero-order valence-corrected chi connectivity index (χ0v) is 10.9. The number of amides is 3. The van der Waals surface area contributed by atoms with E-state index >= 15 is 0 Å². The van der Waals surface area contributed by atoms with E-state index in [1.54, 1.807) is 23.1 Å². The number of nitrogen functional groups attached to an aromatic ring is 1. The lowest BCUT2D eigenvalue weighted by Gasteiger charge is -2.36. The molecule has 0 bridgehead atoms. The highest BCUT2D eigenvalue weighted by Crippen LogP contribution is 2.26. The average Bonchev–Trinajstić information content (AvgIpc) is 2.41. The summed E-state index contributed by atoms with van der Waals surface area (Å²) >= 11 is 0. The Morgan fingerprint density at radius 2 is 2.00 bits per heavy atom. The number of hydrogen-bond donors (Lipinski definition) is 2. The van der Waals surface area contributed by atoms with Gasteiger partial charge in [0.15, 0.2) is 0 Å². The number of carbonyl (C=O) groups is 3. The van der Waals surface area contributed by atoms with Crippen LogP contribution in [0, 0.1) is 0 Å². The number of nitrogens with zero attached hydrogens (tertiary/aromatic N) is 1. The van der Waals surface area contributed by atoms with E-state index in [0.29, 0.717) is 30.6 Å². The van der Waals surface area contributed by atoms with Gasteiger partial charge < -0.3 is 10.6 Å². The number of anilines is 1. The molecule has 0 aromatic heterocycles. The van der Waals surface area contributed by atoms with Gasteiger partial charge in [-0.05, 0) is 30.5 Å². The number of piperidine rings is 1. The number of imide groups is 1. The third-order valence-electron chi connectivity index (χ3n) is 3.89. The van der Waals surface area contributed by atoms with Crippen molar-refractivity contribution in [3.05, 3.63) is 29.3 Å². The molecule has 0 radical (unpaired) electrons. The van der Waals surface area contributed by atoms with Gasteiger partial charge in [0.2, 0.25) is 11.8 Å². The van der Waals surface area contributed by atoms with E-state index in [1.165, 1.54) is 0 Å². The lowest BCUT2D eigenvalue weighted by atomic mass is 9.94. The maximum Gasteiger partial charge on any atom is 0.254 e. The summed E-state index contributed by atoms with van der Waals surface area (Å²) in [6, 6.07) is 4.68. The van der Waals surface area contributed by atoms with Gasteiger partial charge in [-0.2, -0.15) is 0 Å². The highest BCUT2D eigenvalue weighted by Gasteiger charge is 2.37. The maximum absolute atomic E-state index is 12.5. The largest absolute Gasteiger partial charge is 0.398 e. The molecule has 1 aromatic rings. The van der Waals surface area contributed by atoms with Crippen molar-refractivity contribution >= 4 is 23.4 Å². The monoisotopic (exact) mass is 273 g/mol. The standard InChI is InChI=1S/C14H15N3O3/c15-10-3-1-2-9-8(10)6-7-17(14(9)20)11-4-5-12(18)16-13(11)19/h1-3,11H,4-7,15H2,(H,16,18,19). The molecule has 1 unspecified atom stereocenters.